The van der Waals surface area contributed by atoms with Crippen molar-refractivity contribution in [1.82, 2.24) is 9.78 Å². The SMILES string of the molecule is COc1ccc([C@@H]2CC(=O)Nc3c2cnn3C(C)(C)C)cc1O. The number of nitrogens with zero attached hydrogens (tertiary/aromatic N) is 2. The van der Waals surface area contributed by atoms with Gasteiger partial charge in [0, 0.05) is 17.9 Å². The third-order valence-corrected chi connectivity index (χ3v) is 4.06. The van der Waals surface area contributed by atoms with Gasteiger partial charge in [-0.2, -0.15) is 5.10 Å². The number of aromatic nitrogens is 2. The van der Waals surface area contributed by atoms with E-state index in [-0.39, 0.29) is 23.1 Å². The fourth-order valence-electron chi connectivity index (χ4n) is 2.95. The largest absolute Gasteiger partial charge is 0.504 e. The molecule has 0 bridgehead atoms. The zero-order chi connectivity index (χ0) is 16.8. The van der Waals surface area contributed by atoms with Crippen LogP contribution in [-0.2, 0) is 10.3 Å². The van der Waals surface area contributed by atoms with Gasteiger partial charge in [-0.05, 0) is 38.5 Å². The molecule has 1 aromatic carbocycles. The Morgan fingerprint density at radius 3 is 2.74 bits per heavy atom. The maximum atomic E-state index is 12.2. The van der Waals surface area contributed by atoms with Gasteiger partial charge in [0.05, 0.1) is 18.8 Å². The molecular weight excluding hydrogens is 294 g/mol. The lowest BCUT2D eigenvalue weighted by Gasteiger charge is -2.28. The second-order valence-electron chi connectivity index (χ2n) is 6.77. The number of hydrogen-bond donors (Lipinski definition) is 2. The van der Waals surface area contributed by atoms with Crippen molar-refractivity contribution in [2.75, 3.05) is 12.4 Å². The summed E-state index contributed by atoms with van der Waals surface area (Å²) in [7, 11) is 1.51. The fourth-order valence-corrected chi connectivity index (χ4v) is 2.95. The molecule has 1 aliphatic rings. The van der Waals surface area contributed by atoms with Crippen LogP contribution in [0.3, 0.4) is 0 Å². The Labute approximate surface area is 135 Å². The van der Waals surface area contributed by atoms with Crippen molar-refractivity contribution in [3.8, 4) is 11.5 Å². The van der Waals surface area contributed by atoms with E-state index >= 15 is 0 Å². The van der Waals surface area contributed by atoms with Crippen LogP contribution in [0.25, 0.3) is 0 Å². The molecule has 2 aromatic rings. The molecule has 1 amide bonds. The van der Waals surface area contributed by atoms with Crippen molar-refractivity contribution >= 4 is 11.7 Å². The molecule has 6 nitrogen and oxygen atoms in total. The average molecular weight is 315 g/mol. The van der Waals surface area contributed by atoms with Crippen LogP contribution >= 0.6 is 0 Å². The molecule has 0 spiro atoms. The van der Waals surface area contributed by atoms with Crippen LogP contribution in [-0.4, -0.2) is 27.9 Å². The van der Waals surface area contributed by atoms with Gasteiger partial charge in [-0.3, -0.25) is 4.79 Å². The molecule has 0 aliphatic carbocycles. The predicted octanol–water partition coefficient (Wildman–Crippen LogP) is 2.83. The molecule has 2 N–H and O–H groups in total. The Morgan fingerprint density at radius 2 is 2.13 bits per heavy atom. The predicted molar refractivity (Wildman–Crippen MR) is 87.0 cm³/mol. The van der Waals surface area contributed by atoms with Crippen LogP contribution in [0.5, 0.6) is 11.5 Å². The molecule has 1 aliphatic heterocycles. The Hall–Kier alpha value is -2.50. The highest BCUT2D eigenvalue weighted by Gasteiger charge is 2.32. The van der Waals surface area contributed by atoms with Gasteiger partial charge in [-0.25, -0.2) is 4.68 Å². The first-order chi connectivity index (χ1) is 10.8. The summed E-state index contributed by atoms with van der Waals surface area (Å²) < 4.78 is 6.91. The Morgan fingerprint density at radius 1 is 1.39 bits per heavy atom. The number of hydrogen-bond acceptors (Lipinski definition) is 4. The van der Waals surface area contributed by atoms with Crippen molar-refractivity contribution in [3.63, 3.8) is 0 Å². The highest BCUT2D eigenvalue weighted by Crippen LogP contribution is 2.40. The van der Waals surface area contributed by atoms with Crippen LogP contribution in [0.15, 0.2) is 24.4 Å². The van der Waals surface area contributed by atoms with Crippen LogP contribution in [0, 0.1) is 0 Å². The van der Waals surface area contributed by atoms with E-state index in [1.807, 2.05) is 31.5 Å². The van der Waals surface area contributed by atoms with E-state index in [2.05, 4.69) is 10.4 Å². The standard InChI is InChI=1S/C17H21N3O3/c1-17(2,3)20-16-12(9-18-20)11(8-15(22)19-16)10-5-6-14(23-4)13(21)7-10/h5-7,9,11,21H,8H2,1-4H3,(H,19,22)/t11-/m0/s1. The Bertz CT molecular complexity index is 759. The molecule has 0 radical (unpaired) electrons. The van der Waals surface area contributed by atoms with Crippen molar-refractivity contribution in [2.24, 2.45) is 0 Å². The molecule has 3 rings (SSSR count). The number of carbonyl (C=O) groups excluding carboxylic acids is 1. The first-order valence-corrected chi connectivity index (χ1v) is 7.56. The topological polar surface area (TPSA) is 76.4 Å². The summed E-state index contributed by atoms with van der Waals surface area (Å²) in [5.41, 5.74) is 1.60. The fraction of sp³-hybridized carbons (Fsp3) is 0.412. The minimum Gasteiger partial charge on any atom is -0.504 e. The molecule has 122 valence electrons. The summed E-state index contributed by atoms with van der Waals surface area (Å²) >= 11 is 0. The second-order valence-corrected chi connectivity index (χ2v) is 6.77. The number of carbonyl (C=O) groups is 1. The summed E-state index contributed by atoms with van der Waals surface area (Å²) in [6.07, 6.45) is 2.13. The molecule has 23 heavy (non-hydrogen) atoms. The lowest BCUT2D eigenvalue weighted by molar-refractivity contribution is -0.116. The first kappa shape index (κ1) is 15.4. The molecule has 0 unspecified atom stereocenters. The van der Waals surface area contributed by atoms with E-state index in [1.165, 1.54) is 7.11 Å². The number of benzene rings is 1. The quantitative estimate of drug-likeness (QED) is 0.893. The van der Waals surface area contributed by atoms with Crippen molar-refractivity contribution in [2.45, 2.75) is 38.6 Å². The summed E-state index contributed by atoms with van der Waals surface area (Å²) in [4.78, 5) is 12.2. The molecular formula is C17H21N3O3. The van der Waals surface area contributed by atoms with Crippen LogP contribution in [0.2, 0.25) is 0 Å². The summed E-state index contributed by atoms with van der Waals surface area (Å²) in [5, 5.41) is 17.4. The van der Waals surface area contributed by atoms with E-state index in [0.29, 0.717) is 12.2 Å². The van der Waals surface area contributed by atoms with E-state index in [4.69, 9.17) is 4.74 Å². The maximum Gasteiger partial charge on any atom is 0.226 e. The van der Waals surface area contributed by atoms with Crippen molar-refractivity contribution < 1.29 is 14.6 Å². The number of phenolic OH excluding ortho intramolecular Hbond substituents is 1. The average Bonchev–Trinajstić information content (AvgIpc) is 2.89. The van der Waals surface area contributed by atoms with E-state index < -0.39 is 0 Å². The number of rotatable bonds is 2. The number of nitrogens with one attached hydrogen (secondary N) is 1. The number of aromatic hydroxyl groups is 1. The van der Waals surface area contributed by atoms with Gasteiger partial charge in [-0.1, -0.05) is 6.07 Å². The zero-order valence-electron chi connectivity index (χ0n) is 13.8. The highest BCUT2D eigenvalue weighted by molar-refractivity contribution is 5.94. The maximum absolute atomic E-state index is 12.2. The monoisotopic (exact) mass is 315 g/mol. The molecule has 0 saturated heterocycles. The number of fused-ring (bicyclic) bond motifs is 1. The Kier molecular flexibility index (Phi) is 3.55. The summed E-state index contributed by atoms with van der Waals surface area (Å²) in [6, 6.07) is 5.24. The van der Waals surface area contributed by atoms with Crippen LogP contribution in [0.4, 0.5) is 5.82 Å². The summed E-state index contributed by atoms with van der Waals surface area (Å²) in [6.45, 7) is 6.11. The molecule has 6 heteroatoms. The lowest BCUT2D eigenvalue weighted by Crippen LogP contribution is -2.30. The third kappa shape index (κ3) is 2.65. The lowest BCUT2D eigenvalue weighted by atomic mass is 9.87. The van der Waals surface area contributed by atoms with Crippen molar-refractivity contribution in [1.29, 1.82) is 0 Å². The van der Waals surface area contributed by atoms with Gasteiger partial charge < -0.3 is 15.2 Å². The van der Waals surface area contributed by atoms with Gasteiger partial charge in [0.1, 0.15) is 5.82 Å². The number of amides is 1. The van der Waals surface area contributed by atoms with Crippen LogP contribution < -0.4 is 10.1 Å². The molecule has 1 aromatic heterocycles. The van der Waals surface area contributed by atoms with Gasteiger partial charge >= 0.3 is 0 Å². The normalized spacial score (nSPS) is 17.6. The number of phenols is 1. The zero-order valence-corrected chi connectivity index (χ0v) is 13.8. The Balaban J connectivity index is 2.08. The molecule has 0 fully saturated rings. The van der Waals surface area contributed by atoms with E-state index in [0.717, 1.165) is 16.9 Å². The number of ether oxygens (including phenoxy) is 1. The second kappa shape index (κ2) is 5.30. The minimum atomic E-state index is -0.231. The molecule has 2 heterocycles. The number of anilines is 1. The van der Waals surface area contributed by atoms with Gasteiger partial charge in [-0.15, -0.1) is 0 Å². The van der Waals surface area contributed by atoms with Crippen LogP contribution in [0.1, 0.15) is 44.2 Å². The first-order valence-electron chi connectivity index (χ1n) is 7.56. The van der Waals surface area contributed by atoms with Crippen molar-refractivity contribution in [3.05, 3.63) is 35.5 Å². The molecule has 1 atom stereocenters. The number of methoxy groups -OCH3 is 1. The summed E-state index contributed by atoms with van der Waals surface area (Å²) in [5.74, 6) is 1.03. The van der Waals surface area contributed by atoms with Gasteiger partial charge in [0.15, 0.2) is 11.5 Å². The van der Waals surface area contributed by atoms with E-state index in [9.17, 15) is 9.90 Å². The van der Waals surface area contributed by atoms with E-state index in [1.54, 1.807) is 18.3 Å². The van der Waals surface area contributed by atoms with Gasteiger partial charge in [0.2, 0.25) is 5.91 Å². The highest BCUT2D eigenvalue weighted by atomic mass is 16.5. The third-order valence-electron chi connectivity index (χ3n) is 4.06. The van der Waals surface area contributed by atoms with Gasteiger partial charge in [0.25, 0.3) is 0 Å². The minimum absolute atomic E-state index is 0.0520. The molecule has 0 saturated carbocycles. The smallest absolute Gasteiger partial charge is 0.226 e.